The fourth-order valence-electron chi connectivity index (χ4n) is 1.44. The highest BCUT2D eigenvalue weighted by atomic mass is 32.1. The van der Waals surface area contributed by atoms with Crippen LogP contribution < -0.4 is 10.5 Å². The minimum Gasteiger partial charge on any atom is -0.497 e. The Morgan fingerprint density at radius 3 is 2.93 bits per heavy atom. The molecule has 0 saturated carbocycles. The number of hydrogen-bond acceptors (Lipinski definition) is 4. The van der Waals surface area contributed by atoms with Crippen molar-refractivity contribution in [1.29, 1.82) is 0 Å². The first-order valence-corrected chi connectivity index (χ1v) is 5.03. The van der Waals surface area contributed by atoms with E-state index in [1.165, 1.54) is 11.3 Å². The summed E-state index contributed by atoms with van der Waals surface area (Å²) in [6, 6.07) is 5.74. The van der Waals surface area contributed by atoms with Gasteiger partial charge in [0.2, 0.25) is 0 Å². The Bertz CT molecular complexity index is 464. The number of aliphatic hydroxyl groups excluding tert-OH is 1. The molecule has 1 heterocycles. The molecule has 3 N–H and O–H groups in total. The molecular formula is C10H11NO2S. The number of fused-ring (bicyclic) bond motifs is 1. The first-order valence-electron chi connectivity index (χ1n) is 4.22. The standard InChI is InChI=1S/C10H11NO2S/c1-13-6-2-3-9-7(4-6)8(5-12)10(11)14-9/h2-4,12H,5,11H2,1H3. The summed E-state index contributed by atoms with van der Waals surface area (Å²) in [5.41, 5.74) is 6.57. The van der Waals surface area contributed by atoms with Crippen molar-refractivity contribution in [3.05, 3.63) is 23.8 Å². The van der Waals surface area contributed by atoms with Gasteiger partial charge < -0.3 is 15.6 Å². The molecule has 0 atom stereocenters. The summed E-state index contributed by atoms with van der Waals surface area (Å²) in [6.45, 7) is -0.0288. The van der Waals surface area contributed by atoms with E-state index in [-0.39, 0.29) is 6.61 Å². The number of anilines is 1. The summed E-state index contributed by atoms with van der Waals surface area (Å²) in [5, 5.41) is 10.8. The zero-order chi connectivity index (χ0) is 10.1. The molecule has 0 aliphatic heterocycles. The van der Waals surface area contributed by atoms with Gasteiger partial charge in [0.1, 0.15) is 5.75 Å². The van der Waals surface area contributed by atoms with Crippen LogP contribution in [0, 0.1) is 0 Å². The van der Waals surface area contributed by atoms with Crippen LogP contribution >= 0.6 is 11.3 Å². The van der Waals surface area contributed by atoms with Gasteiger partial charge in [0, 0.05) is 15.6 Å². The number of thiophene rings is 1. The molecule has 14 heavy (non-hydrogen) atoms. The number of ether oxygens (including phenoxy) is 1. The molecule has 0 amide bonds. The maximum Gasteiger partial charge on any atom is 0.119 e. The predicted octanol–water partition coefficient (Wildman–Crippen LogP) is 1.98. The lowest BCUT2D eigenvalue weighted by Gasteiger charge is -2.00. The SMILES string of the molecule is COc1ccc2sc(N)c(CO)c2c1. The highest BCUT2D eigenvalue weighted by molar-refractivity contribution is 7.22. The third kappa shape index (κ3) is 1.32. The second-order valence-corrected chi connectivity index (χ2v) is 4.05. The molecule has 0 aliphatic carbocycles. The van der Waals surface area contributed by atoms with Crippen molar-refractivity contribution >= 4 is 26.4 Å². The van der Waals surface area contributed by atoms with Crippen molar-refractivity contribution in [3.8, 4) is 5.75 Å². The molecule has 0 aliphatic rings. The van der Waals surface area contributed by atoms with E-state index < -0.39 is 0 Å². The lowest BCUT2D eigenvalue weighted by Crippen LogP contribution is -1.88. The molecule has 1 aromatic carbocycles. The third-order valence-electron chi connectivity index (χ3n) is 2.19. The number of rotatable bonds is 2. The van der Waals surface area contributed by atoms with Gasteiger partial charge in [0.15, 0.2) is 0 Å². The number of hydrogen-bond donors (Lipinski definition) is 2. The van der Waals surface area contributed by atoms with Crippen molar-refractivity contribution in [1.82, 2.24) is 0 Å². The number of methoxy groups -OCH3 is 1. The van der Waals surface area contributed by atoms with Crippen LogP contribution in [0.1, 0.15) is 5.56 Å². The molecule has 1 aromatic heterocycles. The summed E-state index contributed by atoms with van der Waals surface area (Å²) >= 11 is 1.48. The molecule has 3 nitrogen and oxygen atoms in total. The summed E-state index contributed by atoms with van der Waals surface area (Å²) in [6.07, 6.45) is 0. The van der Waals surface area contributed by atoms with Crippen LogP contribution in [0.25, 0.3) is 10.1 Å². The van der Waals surface area contributed by atoms with E-state index >= 15 is 0 Å². The van der Waals surface area contributed by atoms with E-state index in [2.05, 4.69) is 0 Å². The second-order valence-electron chi connectivity index (χ2n) is 2.97. The smallest absolute Gasteiger partial charge is 0.119 e. The predicted molar refractivity (Wildman–Crippen MR) is 58.7 cm³/mol. The zero-order valence-corrected chi connectivity index (χ0v) is 8.60. The van der Waals surface area contributed by atoms with E-state index in [0.29, 0.717) is 5.00 Å². The Labute approximate surface area is 85.7 Å². The van der Waals surface area contributed by atoms with Gasteiger partial charge in [-0.2, -0.15) is 0 Å². The lowest BCUT2D eigenvalue weighted by molar-refractivity contribution is 0.284. The number of nitrogens with two attached hydrogens (primary N) is 1. The maximum atomic E-state index is 9.15. The fraction of sp³-hybridized carbons (Fsp3) is 0.200. The minimum atomic E-state index is -0.0288. The summed E-state index contributed by atoms with van der Waals surface area (Å²) in [5.74, 6) is 0.782. The molecule has 0 saturated heterocycles. The lowest BCUT2D eigenvalue weighted by atomic mass is 10.1. The number of nitrogen functional groups attached to an aromatic ring is 1. The van der Waals surface area contributed by atoms with Gasteiger partial charge >= 0.3 is 0 Å². The first kappa shape index (κ1) is 9.30. The molecule has 4 heteroatoms. The van der Waals surface area contributed by atoms with Gasteiger partial charge in [-0.05, 0) is 18.2 Å². The van der Waals surface area contributed by atoms with Crippen molar-refractivity contribution in [2.24, 2.45) is 0 Å². The van der Waals surface area contributed by atoms with E-state index in [4.69, 9.17) is 15.6 Å². The van der Waals surface area contributed by atoms with Crippen molar-refractivity contribution in [3.63, 3.8) is 0 Å². The van der Waals surface area contributed by atoms with Gasteiger partial charge in [-0.3, -0.25) is 0 Å². The van der Waals surface area contributed by atoms with Crippen LogP contribution in [0.3, 0.4) is 0 Å². The topological polar surface area (TPSA) is 55.5 Å². The van der Waals surface area contributed by atoms with Crippen molar-refractivity contribution < 1.29 is 9.84 Å². The van der Waals surface area contributed by atoms with E-state index in [1.807, 2.05) is 18.2 Å². The van der Waals surface area contributed by atoms with Crippen LogP contribution in [0.5, 0.6) is 5.75 Å². The van der Waals surface area contributed by atoms with Crippen molar-refractivity contribution in [2.45, 2.75) is 6.61 Å². The molecule has 0 unspecified atom stereocenters. The number of aliphatic hydroxyl groups is 1. The van der Waals surface area contributed by atoms with Gasteiger partial charge in [-0.15, -0.1) is 11.3 Å². The Hall–Kier alpha value is -1.26. The normalized spacial score (nSPS) is 10.7. The van der Waals surface area contributed by atoms with Crippen LogP contribution in [-0.4, -0.2) is 12.2 Å². The molecule has 0 bridgehead atoms. The summed E-state index contributed by atoms with van der Waals surface area (Å²) in [7, 11) is 1.62. The van der Waals surface area contributed by atoms with Gasteiger partial charge in [-0.25, -0.2) is 0 Å². The Morgan fingerprint density at radius 2 is 2.29 bits per heavy atom. The van der Waals surface area contributed by atoms with Crippen LogP contribution in [0.15, 0.2) is 18.2 Å². The van der Waals surface area contributed by atoms with E-state index in [0.717, 1.165) is 21.4 Å². The average Bonchev–Trinajstić information content (AvgIpc) is 2.52. The molecule has 2 aromatic rings. The van der Waals surface area contributed by atoms with Gasteiger partial charge in [-0.1, -0.05) is 0 Å². The highest BCUT2D eigenvalue weighted by Gasteiger charge is 2.09. The van der Waals surface area contributed by atoms with Gasteiger partial charge in [0.05, 0.1) is 18.7 Å². The quantitative estimate of drug-likeness (QED) is 0.795. The maximum absolute atomic E-state index is 9.15. The third-order valence-corrected chi connectivity index (χ3v) is 3.23. The molecule has 0 radical (unpaired) electrons. The fourth-order valence-corrected chi connectivity index (χ4v) is 2.40. The van der Waals surface area contributed by atoms with E-state index in [9.17, 15) is 0 Å². The van der Waals surface area contributed by atoms with Gasteiger partial charge in [0.25, 0.3) is 0 Å². The monoisotopic (exact) mass is 209 g/mol. The summed E-state index contributed by atoms with van der Waals surface area (Å²) in [4.78, 5) is 0. The number of benzene rings is 1. The van der Waals surface area contributed by atoms with Crippen LogP contribution in [-0.2, 0) is 6.61 Å². The van der Waals surface area contributed by atoms with Crippen LogP contribution in [0.2, 0.25) is 0 Å². The first-order chi connectivity index (χ1) is 6.76. The Balaban J connectivity index is 2.71. The molecular weight excluding hydrogens is 198 g/mol. The molecule has 0 fully saturated rings. The molecule has 2 rings (SSSR count). The minimum absolute atomic E-state index is 0.0288. The van der Waals surface area contributed by atoms with E-state index in [1.54, 1.807) is 7.11 Å². The Kier molecular flexibility index (Phi) is 2.31. The second kappa shape index (κ2) is 3.48. The zero-order valence-electron chi connectivity index (χ0n) is 7.78. The molecule has 74 valence electrons. The average molecular weight is 209 g/mol. The largest absolute Gasteiger partial charge is 0.497 e. The molecule has 0 spiro atoms. The van der Waals surface area contributed by atoms with Crippen molar-refractivity contribution in [2.75, 3.05) is 12.8 Å². The van der Waals surface area contributed by atoms with Crippen LogP contribution in [0.4, 0.5) is 5.00 Å². The highest BCUT2D eigenvalue weighted by Crippen LogP contribution is 2.35. The Morgan fingerprint density at radius 1 is 1.50 bits per heavy atom. The summed E-state index contributed by atoms with van der Waals surface area (Å²) < 4.78 is 6.19.